The summed E-state index contributed by atoms with van der Waals surface area (Å²) in [6.07, 6.45) is 8.73. The van der Waals surface area contributed by atoms with Gasteiger partial charge in [0.05, 0.1) is 23.8 Å². The number of aliphatic imine (C=N–C) groups is 1. The number of fused-ring (bicyclic) bond motifs is 1. The van der Waals surface area contributed by atoms with Crippen LogP contribution < -0.4 is 0 Å². The molecule has 4 aliphatic carbocycles. The lowest BCUT2D eigenvalue weighted by Crippen LogP contribution is -2.49. The molecule has 1 aromatic carbocycles. The summed E-state index contributed by atoms with van der Waals surface area (Å²) in [7, 11) is 0. The molecule has 0 saturated heterocycles. The van der Waals surface area contributed by atoms with Gasteiger partial charge in [0.15, 0.2) is 0 Å². The zero-order valence-corrected chi connectivity index (χ0v) is 16.3. The van der Waals surface area contributed by atoms with E-state index in [4.69, 9.17) is 9.73 Å². The number of para-hydroxylation sites is 1. The number of ether oxygens (including phenoxy) is 1. The van der Waals surface area contributed by atoms with E-state index in [-0.39, 0.29) is 11.2 Å². The van der Waals surface area contributed by atoms with Crippen LogP contribution in [0, 0.1) is 23.2 Å². The van der Waals surface area contributed by atoms with Gasteiger partial charge >= 0.3 is 5.97 Å². The topological polar surface area (TPSA) is 38.7 Å². The fourth-order valence-electron chi connectivity index (χ4n) is 6.33. The molecule has 0 N–H and O–H groups in total. The van der Waals surface area contributed by atoms with E-state index in [0.29, 0.717) is 18.4 Å². The summed E-state index contributed by atoms with van der Waals surface area (Å²) in [5, 5.41) is 1.47. The van der Waals surface area contributed by atoms with Gasteiger partial charge in [-0.05, 0) is 74.8 Å². The van der Waals surface area contributed by atoms with Gasteiger partial charge in [-0.2, -0.15) is 0 Å². The van der Waals surface area contributed by atoms with Crippen molar-refractivity contribution >= 4 is 28.5 Å². The molecular weight excluding hydrogens is 342 g/mol. The van der Waals surface area contributed by atoms with Gasteiger partial charge in [-0.25, -0.2) is 4.99 Å². The number of benzene rings is 1. The summed E-state index contributed by atoms with van der Waals surface area (Å²) < 4.78 is 5.25. The zero-order chi connectivity index (χ0) is 17.7. The first kappa shape index (κ1) is 16.9. The molecule has 4 fully saturated rings. The number of hydrogen-bond acceptors (Lipinski definition) is 4. The Labute approximate surface area is 160 Å². The number of carbonyl (C=O) groups excluding carboxylic acids is 1. The number of thioether (sulfide) groups is 1. The Kier molecular flexibility index (Phi) is 4.15. The van der Waals surface area contributed by atoms with E-state index in [1.807, 2.05) is 18.7 Å². The van der Waals surface area contributed by atoms with E-state index in [1.165, 1.54) is 49.1 Å². The first-order valence-corrected chi connectivity index (χ1v) is 11.0. The lowest BCUT2D eigenvalue weighted by atomic mass is 9.50. The van der Waals surface area contributed by atoms with Crippen molar-refractivity contribution in [2.24, 2.45) is 28.2 Å². The SMILES string of the molecule is CCOC(=O)CC1SC(C23CC4CC(CC(C4)C2)C3)=Nc2ccccc21. The number of hydrogen-bond donors (Lipinski definition) is 0. The first-order valence-electron chi connectivity index (χ1n) is 10.2. The highest BCUT2D eigenvalue weighted by Gasteiger charge is 2.54. The Bertz CT molecular complexity index is 721. The molecule has 5 aliphatic rings. The summed E-state index contributed by atoms with van der Waals surface area (Å²) in [5.41, 5.74) is 2.56. The van der Waals surface area contributed by atoms with Crippen molar-refractivity contribution in [1.29, 1.82) is 0 Å². The van der Waals surface area contributed by atoms with Crippen LogP contribution in [0.3, 0.4) is 0 Å². The van der Waals surface area contributed by atoms with Crippen molar-refractivity contribution in [1.82, 2.24) is 0 Å². The molecule has 1 aromatic rings. The first-order chi connectivity index (χ1) is 12.6. The molecule has 0 amide bonds. The van der Waals surface area contributed by atoms with Crippen LogP contribution in [0.4, 0.5) is 5.69 Å². The third kappa shape index (κ3) is 2.81. The molecule has 1 atom stereocenters. The molecule has 4 saturated carbocycles. The highest BCUT2D eigenvalue weighted by Crippen LogP contribution is 2.63. The van der Waals surface area contributed by atoms with Crippen LogP contribution in [0.5, 0.6) is 0 Å². The second kappa shape index (κ2) is 6.40. The number of esters is 1. The highest BCUT2D eigenvalue weighted by atomic mass is 32.2. The van der Waals surface area contributed by atoms with Gasteiger partial charge < -0.3 is 4.74 Å². The molecule has 138 valence electrons. The monoisotopic (exact) mass is 369 g/mol. The molecule has 3 nitrogen and oxygen atoms in total. The summed E-state index contributed by atoms with van der Waals surface area (Å²) in [6, 6.07) is 8.37. The Balaban J connectivity index is 1.48. The lowest BCUT2D eigenvalue weighted by Gasteiger charge is -2.57. The molecule has 0 aromatic heterocycles. The van der Waals surface area contributed by atoms with Crippen LogP contribution in [0.25, 0.3) is 0 Å². The molecular formula is C22H27NO2S. The van der Waals surface area contributed by atoms with E-state index in [1.54, 1.807) is 0 Å². The third-order valence-corrected chi connectivity index (χ3v) is 8.36. The Morgan fingerprint density at radius 2 is 1.81 bits per heavy atom. The van der Waals surface area contributed by atoms with Crippen molar-refractivity contribution in [3.05, 3.63) is 29.8 Å². The quantitative estimate of drug-likeness (QED) is 0.641. The fourth-order valence-corrected chi connectivity index (χ4v) is 7.80. The van der Waals surface area contributed by atoms with Gasteiger partial charge in [-0.3, -0.25) is 4.79 Å². The van der Waals surface area contributed by atoms with Crippen molar-refractivity contribution in [2.45, 2.75) is 57.1 Å². The van der Waals surface area contributed by atoms with Crippen molar-refractivity contribution in [3.8, 4) is 0 Å². The molecule has 0 radical (unpaired) electrons. The smallest absolute Gasteiger partial charge is 0.307 e. The van der Waals surface area contributed by atoms with E-state index >= 15 is 0 Å². The van der Waals surface area contributed by atoms with Gasteiger partial charge in [0.2, 0.25) is 0 Å². The second-order valence-corrected chi connectivity index (χ2v) is 9.98. The molecule has 1 heterocycles. The molecule has 26 heavy (non-hydrogen) atoms. The van der Waals surface area contributed by atoms with Crippen molar-refractivity contribution < 1.29 is 9.53 Å². The van der Waals surface area contributed by atoms with Crippen LogP contribution >= 0.6 is 11.8 Å². The standard InChI is InChI=1S/C22H27NO2S/c1-2-25-20(24)10-19-17-5-3-4-6-18(17)23-21(26-19)22-11-14-7-15(12-22)9-16(8-14)13-22/h3-6,14-16,19H,2,7-13H2,1H3. The van der Waals surface area contributed by atoms with Crippen LogP contribution in [-0.2, 0) is 9.53 Å². The Hall–Kier alpha value is -1.29. The lowest BCUT2D eigenvalue weighted by molar-refractivity contribution is -0.143. The summed E-state index contributed by atoms with van der Waals surface area (Å²) >= 11 is 1.87. The van der Waals surface area contributed by atoms with Gasteiger partial charge in [0.25, 0.3) is 0 Å². The van der Waals surface area contributed by atoms with Crippen LogP contribution in [0.1, 0.15) is 62.7 Å². The number of carbonyl (C=O) groups is 1. The van der Waals surface area contributed by atoms with E-state index in [0.717, 1.165) is 23.4 Å². The van der Waals surface area contributed by atoms with Crippen molar-refractivity contribution in [2.75, 3.05) is 6.61 Å². The maximum atomic E-state index is 12.2. The average Bonchev–Trinajstić information content (AvgIpc) is 2.60. The van der Waals surface area contributed by atoms with E-state index < -0.39 is 0 Å². The van der Waals surface area contributed by atoms with Gasteiger partial charge in [0, 0.05) is 10.7 Å². The van der Waals surface area contributed by atoms with Gasteiger partial charge in [-0.1, -0.05) is 18.2 Å². The molecule has 1 aliphatic heterocycles. The van der Waals surface area contributed by atoms with E-state index in [2.05, 4.69) is 24.3 Å². The van der Waals surface area contributed by atoms with Crippen LogP contribution in [0.2, 0.25) is 0 Å². The number of nitrogens with zero attached hydrogens (tertiary/aromatic N) is 1. The zero-order valence-electron chi connectivity index (χ0n) is 15.4. The Morgan fingerprint density at radius 3 is 2.46 bits per heavy atom. The second-order valence-electron chi connectivity index (χ2n) is 8.79. The number of rotatable bonds is 4. The predicted molar refractivity (Wildman–Crippen MR) is 106 cm³/mol. The Morgan fingerprint density at radius 1 is 1.15 bits per heavy atom. The van der Waals surface area contributed by atoms with E-state index in [9.17, 15) is 4.79 Å². The minimum Gasteiger partial charge on any atom is -0.466 e. The molecule has 4 heteroatoms. The molecule has 0 spiro atoms. The summed E-state index contributed by atoms with van der Waals surface area (Å²) in [5.74, 6) is 2.63. The normalized spacial score (nSPS) is 37.2. The maximum Gasteiger partial charge on any atom is 0.307 e. The predicted octanol–water partition coefficient (Wildman–Crippen LogP) is 5.67. The summed E-state index contributed by atoms with van der Waals surface area (Å²) in [6.45, 7) is 2.33. The van der Waals surface area contributed by atoms with Crippen LogP contribution in [-0.4, -0.2) is 17.6 Å². The minimum atomic E-state index is -0.0911. The average molecular weight is 370 g/mol. The highest BCUT2D eigenvalue weighted by molar-refractivity contribution is 8.14. The third-order valence-electron chi connectivity index (χ3n) is 6.91. The molecule has 4 bridgehead atoms. The minimum absolute atomic E-state index is 0.0911. The molecule has 1 unspecified atom stereocenters. The maximum absolute atomic E-state index is 12.2. The largest absolute Gasteiger partial charge is 0.466 e. The molecule has 6 rings (SSSR count). The van der Waals surface area contributed by atoms with Gasteiger partial charge in [-0.15, -0.1) is 11.8 Å². The van der Waals surface area contributed by atoms with Gasteiger partial charge in [0.1, 0.15) is 0 Å². The summed E-state index contributed by atoms with van der Waals surface area (Å²) in [4.78, 5) is 17.4. The van der Waals surface area contributed by atoms with Crippen molar-refractivity contribution in [3.63, 3.8) is 0 Å². The fraction of sp³-hybridized carbons (Fsp3) is 0.636. The van der Waals surface area contributed by atoms with Crippen LogP contribution in [0.15, 0.2) is 29.3 Å².